The highest BCUT2D eigenvalue weighted by atomic mass is 19.4. The lowest BCUT2D eigenvalue weighted by atomic mass is 10.1. The Morgan fingerprint density at radius 1 is 1.07 bits per heavy atom. The Balaban J connectivity index is 0.000000337. The van der Waals surface area contributed by atoms with Crippen LogP contribution in [0.4, 0.5) is 37.8 Å². The van der Waals surface area contributed by atoms with Gasteiger partial charge in [-0.15, -0.1) is 0 Å². The number of unbranched alkanes of at least 4 members (excludes halogenated alkanes) is 2. The number of fused-ring (bicyclic) bond motifs is 1. The first kappa shape index (κ1) is 31.8. The van der Waals surface area contributed by atoms with Crippen molar-refractivity contribution in [2.24, 2.45) is 0 Å². The number of nitrogens with two attached hydrogens (primary N) is 2. The van der Waals surface area contributed by atoms with E-state index < -0.39 is 41.0 Å². The minimum atomic E-state index is -4.74. The van der Waals surface area contributed by atoms with Crippen molar-refractivity contribution in [2.45, 2.75) is 38.6 Å². The lowest BCUT2D eigenvalue weighted by Crippen LogP contribution is -2.24. The average molecular weight is 602 g/mol. The van der Waals surface area contributed by atoms with E-state index in [1.54, 1.807) is 5.10 Å². The van der Waals surface area contributed by atoms with E-state index in [0.29, 0.717) is 25.8 Å². The maximum Gasteiger partial charge on any atom is 0.423 e. The molecule has 4 aromatic rings. The Kier molecular flexibility index (Phi) is 10.4. The van der Waals surface area contributed by atoms with E-state index in [-0.39, 0.29) is 40.5 Å². The Hall–Kier alpha value is -4.74. The number of H-pyrrole nitrogens is 1. The zero-order valence-electron chi connectivity index (χ0n) is 21.8. The molecule has 12 nitrogen and oxygen atoms in total. The van der Waals surface area contributed by atoms with Crippen molar-refractivity contribution in [2.75, 3.05) is 25.2 Å². The molecule has 5 N–H and O–H groups in total. The number of aromatic nitrogens is 6. The van der Waals surface area contributed by atoms with E-state index in [4.69, 9.17) is 16.2 Å². The Labute approximate surface area is 232 Å². The molecule has 3 aromatic heterocycles. The van der Waals surface area contributed by atoms with Gasteiger partial charge in [0.2, 0.25) is 0 Å². The van der Waals surface area contributed by atoms with E-state index in [1.165, 1.54) is 30.3 Å². The molecule has 0 aliphatic carbocycles. The van der Waals surface area contributed by atoms with Crippen molar-refractivity contribution in [1.82, 2.24) is 29.7 Å². The van der Waals surface area contributed by atoms with Gasteiger partial charge in [-0.05, 0) is 31.4 Å². The average Bonchev–Trinajstić information content (AvgIpc) is 2.91. The molecule has 0 fully saturated rings. The van der Waals surface area contributed by atoms with E-state index in [9.17, 15) is 35.9 Å². The van der Waals surface area contributed by atoms with Crippen LogP contribution in [-0.4, -0.2) is 50.0 Å². The number of anilines is 2. The minimum Gasteiger partial charge on any atom is -0.491 e. The van der Waals surface area contributed by atoms with Gasteiger partial charge in [-0.25, -0.2) is 24.4 Å². The minimum absolute atomic E-state index is 0.0460. The normalized spacial score (nSPS) is 11.4. The van der Waals surface area contributed by atoms with Crippen molar-refractivity contribution in [3.63, 3.8) is 0 Å². The fourth-order valence-electron chi connectivity index (χ4n) is 3.62. The van der Waals surface area contributed by atoms with E-state index in [1.807, 2.05) is 0 Å². The lowest BCUT2D eigenvalue weighted by molar-refractivity contribution is -0.138. The fraction of sp³-hybridized carbons (Fsp3) is 0.333. The third-order valence-electron chi connectivity index (χ3n) is 5.61. The van der Waals surface area contributed by atoms with E-state index >= 15 is 0 Å². The molecule has 18 heteroatoms. The summed E-state index contributed by atoms with van der Waals surface area (Å²) in [7, 11) is 1.41. The third-order valence-corrected chi connectivity index (χ3v) is 5.61. The van der Waals surface area contributed by atoms with Crippen molar-refractivity contribution in [3.05, 3.63) is 62.9 Å². The summed E-state index contributed by atoms with van der Waals surface area (Å²) in [5, 5.41) is 4.85. The standard InChI is InChI=1S/C19H20F3N5O3.C5H4F3N3O/c1-29-15-9-24-17(26-16(15)23)11-8-14-12(7-13(11)20)18(28)27(10-25-14)5-3-2-4-6-30-19(21)22;6-5(7,8)3-2(9)1-10-11-4(3)12/h7-10,19H,2-6H2,1H3,(H2,23,24,26);1H,(H3,9,11,12). The Morgan fingerprint density at radius 3 is 2.40 bits per heavy atom. The molecule has 0 saturated heterocycles. The SMILES string of the molecule is COc1cnc(-c2cc3ncn(CCCCCOC(F)F)c(=O)c3cc2F)nc1N.Nc1cn[nH]c(=O)c1C(F)(F)F. The summed E-state index contributed by atoms with van der Waals surface area (Å²) in [6, 6.07) is 2.48. The first-order chi connectivity index (χ1) is 19.8. The topological polar surface area (TPSA) is 177 Å². The molecule has 3 heterocycles. The van der Waals surface area contributed by atoms with Gasteiger partial charge in [0.15, 0.2) is 17.4 Å². The van der Waals surface area contributed by atoms with Gasteiger partial charge in [-0.1, -0.05) is 0 Å². The quantitative estimate of drug-likeness (QED) is 0.190. The number of aromatic amines is 1. The summed E-state index contributed by atoms with van der Waals surface area (Å²) < 4.78 is 85.0. The molecule has 0 unspecified atom stereocenters. The molecular formula is C24H24F6N8O4. The van der Waals surface area contributed by atoms with Crippen LogP contribution in [0.15, 0.2) is 40.4 Å². The monoisotopic (exact) mass is 602 g/mol. The molecule has 0 spiro atoms. The van der Waals surface area contributed by atoms with Crippen LogP contribution in [-0.2, 0) is 17.5 Å². The van der Waals surface area contributed by atoms with Crippen molar-refractivity contribution < 1.29 is 35.8 Å². The van der Waals surface area contributed by atoms with Gasteiger partial charge in [0.25, 0.3) is 11.1 Å². The number of nitrogens with one attached hydrogen (secondary N) is 1. The van der Waals surface area contributed by atoms with Gasteiger partial charge in [0.1, 0.15) is 11.4 Å². The molecule has 0 saturated carbocycles. The molecule has 0 aliphatic heterocycles. The largest absolute Gasteiger partial charge is 0.491 e. The second-order valence-corrected chi connectivity index (χ2v) is 8.46. The zero-order valence-corrected chi connectivity index (χ0v) is 21.8. The van der Waals surface area contributed by atoms with Gasteiger partial charge in [-0.3, -0.25) is 14.2 Å². The predicted molar refractivity (Wildman–Crippen MR) is 138 cm³/mol. The highest BCUT2D eigenvalue weighted by Gasteiger charge is 2.36. The van der Waals surface area contributed by atoms with Crippen LogP contribution in [0.3, 0.4) is 0 Å². The van der Waals surface area contributed by atoms with E-state index in [2.05, 4.69) is 24.8 Å². The Bertz CT molecular complexity index is 1640. The smallest absolute Gasteiger partial charge is 0.423 e. The van der Waals surface area contributed by atoms with Crippen LogP contribution in [0.2, 0.25) is 0 Å². The van der Waals surface area contributed by atoms with Crippen molar-refractivity contribution >= 4 is 22.4 Å². The number of methoxy groups -OCH3 is 1. The first-order valence-electron chi connectivity index (χ1n) is 12.0. The Morgan fingerprint density at radius 2 is 1.81 bits per heavy atom. The molecule has 0 radical (unpaired) electrons. The predicted octanol–water partition coefficient (Wildman–Crippen LogP) is 3.36. The molecule has 0 aliphatic rings. The number of alkyl halides is 5. The van der Waals surface area contributed by atoms with Gasteiger partial charge >= 0.3 is 12.8 Å². The van der Waals surface area contributed by atoms with Crippen molar-refractivity contribution in [1.29, 1.82) is 0 Å². The van der Waals surface area contributed by atoms with Crippen molar-refractivity contribution in [3.8, 4) is 17.1 Å². The lowest BCUT2D eigenvalue weighted by Gasteiger charge is -2.09. The molecule has 0 bridgehead atoms. The highest BCUT2D eigenvalue weighted by molar-refractivity contribution is 5.82. The molecule has 0 amide bonds. The number of rotatable bonds is 9. The van der Waals surface area contributed by atoms with Gasteiger partial charge in [0, 0.05) is 6.54 Å². The van der Waals surface area contributed by atoms with Crippen LogP contribution >= 0.6 is 0 Å². The fourth-order valence-corrected chi connectivity index (χ4v) is 3.62. The van der Waals surface area contributed by atoms with Gasteiger partial charge in [0.05, 0.1) is 54.6 Å². The number of ether oxygens (including phenoxy) is 2. The summed E-state index contributed by atoms with van der Waals surface area (Å²) >= 11 is 0. The van der Waals surface area contributed by atoms with Crippen LogP contribution in [0, 0.1) is 5.82 Å². The number of benzene rings is 1. The van der Waals surface area contributed by atoms with Crippen LogP contribution in [0.25, 0.3) is 22.3 Å². The summed E-state index contributed by atoms with van der Waals surface area (Å²) in [4.78, 5) is 35.5. The zero-order chi connectivity index (χ0) is 31.0. The summed E-state index contributed by atoms with van der Waals surface area (Å²) in [6.45, 7) is -2.50. The van der Waals surface area contributed by atoms with Gasteiger partial charge < -0.3 is 20.9 Å². The molecule has 0 atom stereocenters. The number of hydrogen-bond donors (Lipinski definition) is 3. The van der Waals surface area contributed by atoms with Crippen LogP contribution in [0.5, 0.6) is 5.75 Å². The molecule has 1 aromatic carbocycles. The summed E-state index contributed by atoms with van der Waals surface area (Å²) in [6.07, 6.45) is 0.318. The molecule has 226 valence electrons. The second kappa shape index (κ2) is 13.7. The summed E-state index contributed by atoms with van der Waals surface area (Å²) in [5.74, 6) is -0.316. The van der Waals surface area contributed by atoms with Crippen LogP contribution in [0.1, 0.15) is 24.8 Å². The number of halogens is 6. The maximum absolute atomic E-state index is 14.7. The summed E-state index contributed by atoms with van der Waals surface area (Å²) in [5.41, 5.74) is 7.19. The van der Waals surface area contributed by atoms with Gasteiger partial charge in [-0.2, -0.15) is 27.1 Å². The second-order valence-electron chi connectivity index (χ2n) is 8.46. The number of hydrogen-bond acceptors (Lipinski definition) is 10. The molecule has 42 heavy (non-hydrogen) atoms. The maximum atomic E-state index is 14.7. The number of nitrogens with zero attached hydrogens (tertiary/aromatic N) is 5. The third kappa shape index (κ3) is 7.93. The van der Waals surface area contributed by atoms with E-state index in [0.717, 1.165) is 12.3 Å². The highest BCUT2D eigenvalue weighted by Crippen LogP contribution is 2.29. The first-order valence-corrected chi connectivity index (χ1v) is 12.0. The molecule has 4 rings (SSSR count). The number of nitrogen functional groups attached to an aromatic ring is 2. The number of aryl methyl sites for hydroxylation is 1. The molecular weight excluding hydrogens is 578 g/mol. The van der Waals surface area contributed by atoms with Crippen LogP contribution < -0.4 is 27.3 Å².